The summed E-state index contributed by atoms with van der Waals surface area (Å²) in [5.74, 6) is 0. The first-order chi connectivity index (χ1) is 14.1. The molecule has 0 spiro atoms. The lowest BCUT2D eigenvalue weighted by Gasteiger charge is -2.35. The van der Waals surface area contributed by atoms with E-state index in [-0.39, 0.29) is 12.1 Å². The van der Waals surface area contributed by atoms with Crippen molar-refractivity contribution < 1.29 is 14.3 Å². The van der Waals surface area contributed by atoms with Gasteiger partial charge in [-0.25, -0.2) is 4.79 Å². The number of aromatic nitrogens is 1. The molecular formula is C25H36N2O3. The second kappa shape index (κ2) is 8.93. The van der Waals surface area contributed by atoms with Crippen LogP contribution in [0.5, 0.6) is 0 Å². The largest absolute Gasteiger partial charge is 0.444 e. The van der Waals surface area contributed by atoms with Gasteiger partial charge < -0.3 is 9.47 Å². The van der Waals surface area contributed by atoms with Crippen molar-refractivity contribution in [3.63, 3.8) is 0 Å². The predicted octanol–water partition coefficient (Wildman–Crippen LogP) is 6.40. The topological polar surface area (TPSA) is 51.7 Å². The van der Waals surface area contributed by atoms with Crippen LogP contribution >= 0.6 is 0 Å². The van der Waals surface area contributed by atoms with Crippen LogP contribution in [0.3, 0.4) is 0 Å². The van der Waals surface area contributed by atoms with E-state index in [1.54, 1.807) is 4.90 Å². The summed E-state index contributed by atoms with van der Waals surface area (Å²) in [5, 5.41) is 1.06. The van der Waals surface area contributed by atoms with Gasteiger partial charge in [-0.05, 0) is 65.2 Å². The van der Waals surface area contributed by atoms with E-state index in [1.165, 1.54) is 19.3 Å². The van der Waals surface area contributed by atoms with E-state index in [9.17, 15) is 4.79 Å². The van der Waals surface area contributed by atoms with Gasteiger partial charge in [0.25, 0.3) is 0 Å². The van der Waals surface area contributed by atoms with Gasteiger partial charge in [-0.1, -0.05) is 44.4 Å². The quantitative estimate of drug-likeness (QED) is 0.515. The van der Waals surface area contributed by atoms with Crippen molar-refractivity contribution in [1.29, 1.82) is 0 Å². The van der Waals surface area contributed by atoms with E-state index in [2.05, 4.69) is 19.1 Å². The summed E-state index contributed by atoms with van der Waals surface area (Å²) < 4.78 is 11.8. The number of rotatable bonds is 6. The molecule has 1 amide bonds. The van der Waals surface area contributed by atoms with Crippen LogP contribution in [0.25, 0.3) is 10.9 Å². The van der Waals surface area contributed by atoms with Gasteiger partial charge in [-0.2, -0.15) is 0 Å². The number of nitrogens with zero attached hydrogens (tertiary/aromatic N) is 2. The van der Waals surface area contributed by atoms with Gasteiger partial charge in [0.2, 0.25) is 0 Å². The average molecular weight is 413 g/mol. The molecule has 0 radical (unpaired) electrons. The summed E-state index contributed by atoms with van der Waals surface area (Å²) >= 11 is 0. The highest BCUT2D eigenvalue weighted by atomic mass is 16.6. The highest BCUT2D eigenvalue weighted by Gasteiger charge is 2.46. The molecule has 1 aromatic heterocycles. The van der Waals surface area contributed by atoms with E-state index in [0.29, 0.717) is 6.61 Å². The molecule has 3 rings (SSSR count). The molecular weight excluding hydrogens is 376 g/mol. The maximum absolute atomic E-state index is 13.1. The molecule has 5 nitrogen and oxygen atoms in total. The molecule has 2 aromatic rings. The third-order valence-electron chi connectivity index (χ3n) is 5.52. The lowest BCUT2D eigenvalue weighted by Crippen LogP contribution is -2.47. The highest BCUT2D eigenvalue weighted by Crippen LogP contribution is 2.40. The first-order valence-corrected chi connectivity index (χ1v) is 11.2. The van der Waals surface area contributed by atoms with Gasteiger partial charge in [0.1, 0.15) is 11.3 Å². The van der Waals surface area contributed by atoms with Crippen molar-refractivity contribution in [1.82, 2.24) is 9.88 Å². The Labute approximate surface area is 180 Å². The van der Waals surface area contributed by atoms with Crippen LogP contribution in [0, 0.1) is 0 Å². The number of hydrogen-bond donors (Lipinski definition) is 0. The zero-order chi connectivity index (χ0) is 21.9. The Kier molecular flexibility index (Phi) is 6.71. The van der Waals surface area contributed by atoms with Crippen LogP contribution in [-0.2, 0) is 15.9 Å². The number of hydrogen-bond acceptors (Lipinski definition) is 4. The normalized spacial score (nSPS) is 18.7. The molecule has 2 heterocycles. The first-order valence-electron chi connectivity index (χ1n) is 11.2. The van der Waals surface area contributed by atoms with Gasteiger partial charge in [-0.3, -0.25) is 9.88 Å². The maximum atomic E-state index is 13.1. The van der Waals surface area contributed by atoms with Crippen LogP contribution < -0.4 is 0 Å². The number of carbonyl (C=O) groups is 1. The van der Waals surface area contributed by atoms with Crippen LogP contribution in [-0.4, -0.2) is 33.9 Å². The van der Waals surface area contributed by atoms with Gasteiger partial charge >= 0.3 is 6.09 Å². The fourth-order valence-electron chi connectivity index (χ4n) is 4.09. The van der Waals surface area contributed by atoms with Crippen LogP contribution in [0.2, 0.25) is 0 Å². The number of unbranched alkanes of at least 4 members (excludes halogenated alkanes) is 3. The molecule has 0 N–H and O–H groups in total. The smallest absolute Gasteiger partial charge is 0.413 e. The number of amides is 1. The summed E-state index contributed by atoms with van der Waals surface area (Å²) in [6.07, 6.45) is 5.40. The number of pyridine rings is 1. The SMILES string of the molecule is CCCCCCc1cc([C@H]2COC(C)(C)N2C(=O)OC(C)(C)C)c2ccccc2n1. The molecule has 5 heteroatoms. The summed E-state index contributed by atoms with van der Waals surface area (Å²) in [6.45, 7) is 12.2. The number of aryl methyl sites for hydroxylation is 1. The van der Waals surface area contributed by atoms with Gasteiger partial charge in [0, 0.05) is 11.1 Å². The Balaban J connectivity index is 1.99. The second-order valence-corrected chi connectivity index (χ2v) is 9.65. The van der Waals surface area contributed by atoms with Crippen molar-refractivity contribution in [2.75, 3.05) is 6.61 Å². The number of carbonyl (C=O) groups excluding carboxylic acids is 1. The van der Waals surface area contributed by atoms with Gasteiger partial charge in [0.05, 0.1) is 18.2 Å². The lowest BCUT2D eigenvalue weighted by atomic mass is 9.98. The zero-order valence-electron chi connectivity index (χ0n) is 19.3. The Morgan fingerprint density at radius 3 is 2.67 bits per heavy atom. The zero-order valence-corrected chi connectivity index (χ0v) is 19.3. The number of para-hydroxylation sites is 1. The summed E-state index contributed by atoms with van der Waals surface area (Å²) in [6, 6.07) is 10.1. The minimum Gasteiger partial charge on any atom is -0.444 e. The molecule has 164 valence electrons. The van der Waals surface area contributed by atoms with E-state index >= 15 is 0 Å². The standard InChI is InChI=1S/C25H36N2O3/c1-7-8-9-10-13-18-16-20(19-14-11-12-15-21(19)26-18)22-17-29-25(5,6)27(22)23(28)30-24(2,3)4/h11-12,14-16,22H,7-10,13,17H2,1-6H3/t22-/m1/s1. The summed E-state index contributed by atoms with van der Waals surface area (Å²) in [5.41, 5.74) is 1.83. The Hall–Kier alpha value is -2.14. The lowest BCUT2D eigenvalue weighted by molar-refractivity contribution is -0.0625. The minimum absolute atomic E-state index is 0.211. The van der Waals surface area contributed by atoms with E-state index < -0.39 is 11.3 Å². The Morgan fingerprint density at radius 2 is 1.97 bits per heavy atom. The number of fused-ring (bicyclic) bond motifs is 1. The van der Waals surface area contributed by atoms with E-state index in [4.69, 9.17) is 14.5 Å². The third kappa shape index (κ3) is 5.12. The van der Waals surface area contributed by atoms with Crippen molar-refractivity contribution >= 4 is 17.0 Å². The molecule has 0 saturated carbocycles. The average Bonchev–Trinajstić information content (AvgIpc) is 2.98. The highest BCUT2D eigenvalue weighted by molar-refractivity contribution is 5.84. The van der Waals surface area contributed by atoms with E-state index in [1.807, 2.05) is 52.8 Å². The molecule has 30 heavy (non-hydrogen) atoms. The fraction of sp³-hybridized carbons (Fsp3) is 0.600. The molecule has 0 unspecified atom stereocenters. The van der Waals surface area contributed by atoms with Crippen molar-refractivity contribution in [2.24, 2.45) is 0 Å². The molecule has 0 aliphatic carbocycles. The molecule has 1 atom stereocenters. The molecule has 1 aliphatic rings. The molecule has 1 aliphatic heterocycles. The summed E-state index contributed by atoms with van der Waals surface area (Å²) in [7, 11) is 0. The molecule has 0 bridgehead atoms. The number of benzene rings is 1. The minimum atomic E-state index is -0.737. The third-order valence-corrected chi connectivity index (χ3v) is 5.52. The monoisotopic (exact) mass is 412 g/mol. The molecule has 1 fully saturated rings. The molecule has 1 aromatic carbocycles. The van der Waals surface area contributed by atoms with E-state index in [0.717, 1.165) is 35.0 Å². The molecule has 1 saturated heterocycles. The maximum Gasteiger partial charge on any atom is 0.413 e. The van der Waals surface area contributed by atoms with Crippen LogP contribution in [0.15, 0.2) is 30.3 Å². The van der Waals surface area contributed by atoms with Crippen LogP contribution in [0.1, 0.15) is 84.5 Å². The fourth-order valence-corrected chi connectivity index (χ4v) is 4.09. The van der Waals surface area contributed by atoms with Gasteiger partial charge in [-0.15, -0.1) is 0 Å². The van der Waals surface area contributed by atoms with Gasteiger partial charge in [0.15, 0.2) is 0 Å². The Bertz CT molecular complexity index is 886. The number of ether oxygens (including phenoxy) is 2. The predicted molar refractivity (Wildman–Crippen MR) is 120 cm³/mol. The van der Waals surface area contributed by atoms with Crippen LogP contribution in [0.4, 0.5) is 4.79 Å². The van der Waals surface area contributed by atoms with Crippen molar-refractivity contribution in [2.45, 2.75) is 91.0 Å². The summed E-state index contributed by atoms with van der Waals surface area (Å²) in [4.78, 5) is 19.8. The van der Waals surface area contributed by atoms with Crippen molar-refractivity contribution in [3.05, 3.63) is 41.6 Å². The van der Waals surface area contributed by atoms with Crippen molar-refractivity contribution in [3.8, 4) is 0 Å². The Morgan fingerprint density at radius 1 is 1.23 bits per heavy atom. The first kappa shape index (κ1) is 22.5. The second-order valence-electron chi connectivity index (χ2n) is 9.65.